The van der Waals surface area contributed by atoms with Gasteiger partial charge in [0.25, 0.3) is 0 Å². The minimum Gasteiger partial charge on any atom is -0.334 e. The first-order valence-corrected chi connectivity index (χ1v) is 5.28. The van der Waals surface area contributed by atoms with Gasteiger partial charge in [-0.15, -0.1) is 0 Å². The lowest BCUT2D eigenvalue weighted by atomic mass is 10.2. The van der Waals surface area contributed by atoms with Crippen LogP contribution in [0, 0.1) is 0 Å². The molecule has 1 aromatic rings. The molecule has 0 unspecified atom stereocenters. The molecule has 0 atom stereocenters. The molecule has 1 aliphatic carbocycles. The van der Waals surface area contributed by atoms with Crippen LogP contribution in [0.25, 0.3) is 0 Å². The predicted molar refractivity (Wildman–Crippen MR) is 56.9 cm³/mol. The smallest absolute Gasteiger partial charge is 0.122 e. The van der Waals surface area contributed by atoms with Crippen LogP contribution in [0.5, 0.6) is 0 Å². The lowest BCUT2D eigenvalue weighted by Crippen LogP contribution is -2.27. The van der Waals surface area contributed by atoms with Crippen molar-refractivity contribution < 1.29 is 0 Å². The summed E-state index contributed by atoms with van der Waals surface area (Å²) in [6, 6.07) is 0.622. The maximum Gasteiger partial charge on any atom is 0.122 e. The van der Waals surface area contributed by atoms with Crippen LogP contribution in [0.2, 0.25) is 0 Å². The number of nitrogens with zero attached hydrogens (tertiary/aromatic N) is 2. The van der Waals surface area contributed by atoms with E-state index in [4.69, 9.17) is 0 Å². The van der Waals surface area contributed by atoms with E-state index in [1.807, 2.05) is 12.4 Å². The fraction of sp³-hybridized carbons (Fsp3) is 0.545. The summed E-state index contributed by atoms with van der Waals surface area (Å²) >= 11 is 0. The van der Waals surface area contributed by atoms with Crippen molar-refractivity contribution in [2.24, 2.45) is 0 Å². The van der Waals surface area contributed by atoms with Gasteiger partial charge >= 0.3 is 0 Å². The number of aromatic nitrogens is 2. The molecule has 76 valence electrons. The third-order valence-corrected chi connectivity index (χ3v) is 2.70. The first-order valence-electron chi connectivity index (χ1n) is 5.28. The molecule has 3 heteroatoms. The Bertz CT molecular complexity index is 306. The van der Waals surface area contributed by atoms with Crippen molar-refractivity contribution in [3.63, 3.8) is 0 Å². The summed E-state index contributed by atoms with van der Waals surface area (Å²) in [5.74, 6) is 1.14. The van der Waals surface area contributed by atoms with Crippen molar-refractivity contribution in [2.75, 3.05) is 0 Å². The highest BCUT2D eigenvalue weighted by Gasteiger charge is 2.10. The molecule has 0 bridgehead atoms. The molecule has 1 N–H and O–H groups in total. The first kappa shape index (κ1) is 9.46. The Morgan fingerprint density at radius 3 is 3.00 bits per heavy atom. The molecule has 0 fully saturated rings. The van der Waals surface area contributed by atoms with E-state index in [0.29, 0.717) is 6.04 Å². The lowest BCUT2D eigenvalue weighted by Gasteiger charge is -2.12. The van der Waals surface area contributed by atoms with Crippen LogP contribution in [0.4, 0.5) is 0 Å². The zero-order valence-electron chi connectivity index (χ0n) is 8.61. The van der Waals surface area contributed by atoms with Gasteiger partial charge in [-0.2, -0.15) is 0 Å². The topological polar surface area (TPSA) is 29.9 Å². The maximum absolute atomic E-state index is 4.33. The standard InChI is InChI=1S/C11H17N3/c1-2-14-8-7-12-11(14)9-13-10-5-3-4-6-10/h3-4,7-8,10,13H,2,5-6,9H2,1H3. The summed E-state index contributed by atoms with van der Waals surface area (Å²) in [6.45, 7) is 4.02. The van der Waals surface area contributed by atoms with E-state index in [9.17, 15) is 0 Å². The molecule has 2 rings (SSSR count). The quantitative estimate of drug-likeness (QED) is 0.734. The van der Waals surface area contributed by atoms with E-state index in [-0.39, 0.29) is 0 Å². The van der Waals surface area contributed by atoms with Gasteiger partial charge in [-0.1, -0.05) is 12.2 Å². The SMILES string of the molecule is CCn1ccnc1CNC1CC=CC1. The largest absolute Gasteiger partial charge is 0.334 e. The minimum absolute atomic E-state index is 0.622. The van der Waals surface area contributed by atoms with Crippen molar-refractivity contribution >= 4 is 0 Å². The second kappa shape index (κ2) is 4.42. The second-order valence-corrected chi connectivity index (χ2v) is 3.65. The fourth-order valence-electron chi connectivity index (χ4n) is 1.81. The Kier molecular flexibility index (Phi) is 2.99. The van der Waals surface area contributed by atoms with Gasteiger partial charge in [-0.05, 0) is 19.8 Å². The number of imidazole rings is 1. The van der Waals surface area contributed by atoms with Crippen LogP contribution in [0.3, 0.4) is 0 Å². The van der Waals surface area contributed by atoms with Gasteiger partial charge in [0.1, 0.15) is 5.82 Å². The summed E-state index contributed by atoms with van der Waals surface area (Å²) in [4.78, 5) is 4.33. The number of nitrogens with one attached hydrogen (secondary N) is 1. The summed E-state index contributed by atoms with van der Waals surface area (Å²) in [6.07, 6.45) is 10.7. The Balaban J connectivity index is 1.85. The maximum atomic E-state index is 4.33. The molecule has 1 aliphatic rings. The molecule has 0 aromatic carbocycles. The molecule has 1 heterocycles. The predicted octanol–water partition coefficient (Wildman–Crippen LogP) is 1.71. The van der Waals surface area contributed by atoms with Gasteiger partial charge in [0.05, 0.1) is 6.54 Å². The second-order valence-electron chi connectivity index (χ2n) is 3.65. The van der Waals surface area contributed by atoms with Gasteiger partial charge in [0.2, 0.25) is 0 Å². The fourth-order valence-corrected chi connectivity index (χ4v) is 1.81. The molecule has 0 spiro atoms. The molecular weight excluding hydrogens is 174 g/mol. The Morgan fingerprint density at radius 2 is 2.29 bits per heavy atom. The summed E-state index contributed by atoms with van der Waals surface area (Å²) < 4.78 is 2.18. The Labute approximate surface area is 84.8 Å². The Hall–Kier alpha value is -1.09. The molecular formula is C11H17N3. The normalized spacial score (nSPS) is 16.6. The van der Waals surface area contributed by atoms with Crippen molar-refractivity contribution in [2.45, 2.75) is 38.9 Å². The minimum atomic E-state index is 0.622. The van der Waals surface area contributed by atoms with Crippen molar-refractivity contribution in [1.29, 1.82) is 0 Å². The van der Waals surface area contributed by atoms with Crippen LogP contribution in [0.1, 0.15) is 25.6 Å². The van der Waals surface area contributed by atoms with E-state index in [1.54, 1.807) is 0 Å². The zero-order chi connectivity index (χ0) is 9.80. The highest BCUT2D eigenvalue weighted by Crippen LogP contribution is 2.09. The van der Waals surface area contributed by atoms with Gasteiger partial charge in [0, 0.05) is 25.0 Å². The number of hydrogen-bond donors (Lipinski definition) is 1. The molecule has 14 heavy (non-hydrogen) atoms. The van der Waals surface area contributed by atoms with E-state index < -0.39 is 0 Å². The summed E-state index contributed by atoms with van der Waals surface area (Å²) in [7, 11) is 0. The molecule has 0 saturated heterocycles. The van der Waals surface area contributed by atoms with E-state index >= 15 is 0 Å². The molecule has 3 nitrogen and oxygen atoms in total. The van der Waals surface area contributed by atoms with E-state index in [1.165, 1.54) is 0 Å². The number of hydrogen-bond acceptors (Lipinski definition) is 2. The molecule has 0 radical (unpaired) electrons. The van der Waals surface area contributed by atoms with Crippen molar-refractivity contribution in [3.8, 4) is 0 Å². The van der Waals surface area contributed by atoms with Crippen LogP contribution in [-0.2, 0) is 13.1 Å². The van der Waals surface area contributed by atoms with Crippen molar-refractivity contribution in [3.05, 3.63) is 30.4 Å². The van der Waals surface area contributed by atoms with Crippen LogP contribution < -0.4 is 5.32 Å². The average molecular weight is 191 g/mol. The van der Waals surface area contributed by atoms with E-state index in [2.05, 4.69) is 33.9 Å². The van der Waals surface area contributed by atoms with Gasteiger partial charge < -0.3 is 9.88 Å². The molecule has 0 aliphatic heterocycles. The van der Waals surface area contributed by atoms with Crippen LogP contribution >= 0.6 is 0 Å². The van der Waals surface area contributed by atoms with Crippen LogP contribution in [-0.4, -0.2) is 15.6 Å². The van der Waals surface area contributed by atoms with Crippen molar-refractivity contribution in [1.82, 2.24) is 14.9 Å². The van der Waals surface area contributed by atoms with Gasteiger partial charge in [0.15, 0.2) is 0 Å². The van der Waals surface area contributed by atoms with Gasteiger partial charge in [-0.3, -0.25) is 0 Å². The monoisotopic (exact) mass is 191 g/mol. The molecule has 0 saturated carbocycles. The zero-order valence-corrected chi connectivity index (χ0v) is 8.61. The van der Waals surface area contributed by atoms with Crippen LogP contribution in [0.15, 0.2) is 24.5 Å². The van der Waals surface area contributed by atoms with E-state index in [0.717, 1.165) is 31.8 Å². The van der Waals surface area contributed by atoms with Gasteiger partial charge in [-0.25, -0.2) is 4.98 Å². The number of aryl methyl sites for hydroxylation is 1. The number of rotatable bonds is 4. The average Bonchev–Trinajstić information content (AvgIpc) is 2.85. The highest BCUT2D eigenvalue weighted by atomic mass is 15.1. The lowest BCUT2D eigenvalue weighted by molar-refractivity contribution is 0.513. The highest BCUT2D eigenvalue weighted by molar-refractivity contribution is 4.99. The summed E-state index contributed by atoms with van der Waals surface area (Å²) in [5, 5.41) is 3.51. The molecule has 1 aromatic heterocycles. The first-order chi connectivity index (χ1) is 6.90. The third-order valence-electron chi connectivity index (χ3n) is 2.70. The summed E-state index contributed by atoms with van der Waals surface area (Å²) in [5.41, 5.74) is 0. The Morgan fingerprint density at radius 1 is 1.50 bits per heavy atom. The molecule has 0 amide bonds. The third kappa shape index (κ3) is 2.04.